The average molecular weight is 274 g/mol. The van der Waals surface area contributed by atoms with E-state index >= 15 is 0 Å². The van der Waals surface area contributed by atoms with Crippen LogP contribution in [0.15, 0.2) is 18.2 Å². The quantitative estimate of drug-likeness (QED) is 0.785. The summed E-state index contributed by atoms with van der Waals surface area (Å²) < 4.78 is 18.8. The zero-order chi connectivity index (χ0) is 10.8. The molecule has 2 rings (SSSR count). The lowest BCUT2D eigenvalue weighted by molar-refractivity contribution is 0.0784. The zero-order valence-electron chi connectivity index (χ0n) is 8.54. The fourth-order valence-corrected chi connectivity index (χ4v) is 2.02. The SMILES string of the molecule is COC1CN(c2ccc(CBr)cc2F)C1. The molecule has 2 nitrogen and oxygen atoms in total. The van der Waals surface area contributed by atoms with E-state index < -0.39 is 0 Å². The van der Waals surface area contributed by atoms with Crippen molar-refractivity contribution in [3.05, 3.63) is 29.6 Å². The van der Waals surface area contributed by atoms with E-state index in [1.54, 1.807) is 13.2 Å². The van der Waals surface area contributed by atoms with Gasteiger partial charge in [-0.05, 0) is 17.7 Å². The van der Waals surface area contributed by atoms with Gasteiger partial charge in [-0.25, -0.2) is 4.39 Å². The van der Waals surface area contributed by atoms with E-state index in [9.17, 15) is 4.39 Å². The number of anilines is 1. The maximum Gasteiger partial charge on any atom is 0.146 e. The first-order valence-corrected chi connectivity index (χ1v) is 5.99. The Morgan fingerprint density at radius 3 is 2.80 bits per heavy atom. The molecule has 1 aromatic rings. The molecule has 82 valence electrons. The molecule has 1 aliphatic heterocycles. The minimum absolute atomic E-state index is 0.151. The molecule has 0 aliphatic carbocycles. The monoisotopic (exact) mass is 273 g/mol. The summed E-state index contributed by atoms with van der Waals surface area (Å²) in [7, 11) is 1.69. The number of hydrogen-bond acceptors (Lipinski definition) is 2. The van der Waals surface area contributed by atoms with Gasteiger partial charge in [0.2, 0.25) is 0 Å². The molecule has 0 unspecified atom stereocenters. The summed E-state index contributed by atoms with van der Waals surface area (Å²) in [6.07, 6.45) is 0.250. The topological polar surface area (TPSA) is 12.5 Å². The molecule has 1 heterocycles. The van der Waals surface area contributed by atoms with Gasteiger partial charge in [-0.3, -0.25) is 0 Å². The van der Waals surface area contributed by atoms with Crippen LogP contribution >= 0.6 is 15.9 Å². The summed E-state index contributed by atoms with van der Waals surface area (Å²) in [5.74, 6) is -0.151. The van der Waals surface area contributed by atoms with Crippen LogP contribution in [0.5, 0.6) is 0 Å². The van der Waals surface area contributed by atoms with E-state index in [0.717, 1.165) is 18.7 Å². The Labute approximate surface area is 97.2 Å². The molecule has 0 saturated carbocycles. The molecule has 1 aromatic carbocycles. The fourth-order valence-electron chi connectivity index (χ4n) is 1.67. The largest absolute Gasteiger partial charge is 0.378 e. The lowest BCUT2D eigenvalue weighted by Gasteiger charge is -2.40. The van der Waals surface area contributed by atoms with Crippen molar-refractivity contribution in [3.63, 3.8) is 0 Å². The number of halogens is 2. The predicted octanol–water partition coefficient (Wildman–Crippen LogP) is 2.56. The smallest absolute Gasteiger partial charge is 0.146 e. The van der Waals surface area contributed by atoms with Crippen molar-refractivity contribution in [2.75, 3.05) is 25.1 Å². The first-order chi connectivity index (χ1) is 7.24. The summed E-state index contributed by atoms with van der Waals surface area (Å²) in [6.45, 7) is 1.56. The molecule has 4 heteroatoms. The highest BCUT2D eigenvalue weighted by atomic mass is 79.9. The minimum atomic E-state index is -0.151. The normalized spacial score (nSPS) is 16.6. The van der Waals surface area contributed by atoms with Gasteiger partial charge in [0.15, 0.2) is 0 Å². The van der Waals surface area contributed by atoms with Crippen molar-refractivity contribution in [1.82, 2.24) is 0 Å². The second kappa shape index (κ2) is 4.49. The van der Waals surface area contributed by atoms with Crippen molar-refractivity contribution in [2.45, 2.75) is 11.4 Å². The molecule has 0 radical (unpaired) electrons. The van der Waals surface area contributed by atoms with Crippen LogP contribution in [-0.4, -0.2) is 26.3 Å². The van der Waals surface area contributed by atoms with Gasteiger partial charge in [0.25, 0.3) is 0 Å². The van der Waals surface area contributed by atoms with Gasteiger partial charge >= 0.3 is 0 Å². The molecule has 0 aromatic heterocycles. The third kappa shape index (κ3) is 2.16. The summed E-state index contributed by atoms with van der Waals surface area (Å²) >= 11 is 3.30. The highest BCUT2D eigenvalue weighted by Crippen LogP contribution is 2.26. The van der Waals surface area contributed by atoms with Crippen LogP contribution in [0.3, 0.4) is 0 Å². The Hall–Kier alpha value is -0.610. The Balaban J connectivity index is 2.10. The fraction of sp³-hybridized carbons (Fsp3) is 0.455. The number of hydrogen-bond donors (Lipinski definition) is 0. The second-order valence-electron chi connectivity index (χ2n) is 3.68. The summed E-state index contributed by atoms with van der Waals surface area (Å²) in [6, 6.07) is 5.34. The number of benzene rings is 1. The standard InChI is InChI=1S/C11H13BrFNO/c1-15-9-6-14(7-9)11-3-2-8(5-12)4-10(11)13/h2-4,9H,5-7H2,1H3. The second-order valence-corrected chi connectivity index (χ2v) is 4.24. The van der Waals surface area contributed by atoms with Gasteiger partial charge in [-0.1, -0.05) is 22.0 Å². The summed E-state index contributed by atoms with van der Waals surface area (Å²) in [5.41, 5.74) is 1.63. The van der Waals surface area contributed by atoms with Gasteiger partial charge in [0.1, 0.15) is 5.82 Å². The Kier molecular flexibility index (Phi) is 3.26. The van der Waals surface area contributed by atoms with Gasteiger partial charge in [-0.2, -0.15) is 0 Å². The summed E-state index contributed by atoms with van der Waals surface area (Å²) in [4.78, 5) is 1.99. The van der Waals surface area contributed by atoms with Crippen LogP contribution in [0, 0.1) is 5.82 Å². The highest BCUT2D eigenvalue weighted by molar-refractivity contribution is 9.08. The van der Waals surface area contributed by atoms with Gasteiger partial charge in [0, 0.05) is 25.5 Å². The van der Waals surface area contributed by atoms with E-state index in [4.69, 9.17) is 4.74 Å². The van der Waals surface area contributed by atoms with Crippen molar-refractivity contribution in [3.8, 4) is 0 Å². The van der Waals surface area contributed by atoms with E-state index in [0.29, 0.717) is 11.0 Å². The van der Waals surface area contributed by atoms with Gasteiger partial charge < -0.3 is 9.64 Å². The van der Waals surface area contributed by atoms with E-state index in [-0.39, 0.29) is 11.9 Å². The Morgan fingerprint density at radius 1 is 1.53 bits per heavy atom. The third-order valence-corrected chi connectivity index (χ3v) is 3.34. The number of nitrogens with zero attached hydrogens (tertiary/aromatic N) is 1. The molecule has 0 amide bonds. The minimum Gasteiger partial charge on any atom is -0.378 e. The molecule has 15 heavy (non-hydrogen) atoms. The average Bonchev–Trinajstić information content (AvgIpc) is 2.18. The maximum absolute atomic E-state index is 13.6. The molecule has 1 aliphatic rings. The van der Waals surface area contributed by atoms with Gasteiger partial charge in [0.05, 0.1) is 11.8 Å². The first kappa shape index (κ1) is 10.9. The lowest BCUT2D eigenvalue weighted by Crippen LogP contribution is -2.52. The van der Waals surface area contributed by atoms with Crippen molar-refractivity contribution < 1.29 is 9.13 Å². The first-order valence-electron chi connectivity index (χ1n) is 4.86. The van der Waals surface area contributed by atoms with Crippen LogP contribution < -0.4 is 4.90 Å². The predicted molar refractivity (Wildman–Crippen MR) is 62.0 cm³/mol. The Morgan fingerprint density at radius 2 is 2.27 bits per heavy atom. The highest BCUT2D eigenvalue weighted by Gasteiger charge is 2.28. The van der Waals surface area contributed by atoms with Crippen LogP contribution in [0.4, 0.5) is 10.1 Å². The maximum atomic E-state index is 13.6. The third-order valence-electron chi connectivity index (χ3n) is 2.69. The molecule has 0 spiro atoms. The number of alkyl halides is 1. The van der Waals surface area contributed by atoms with Crippen molar-refractivity contribution in [1.29, 1.82) is 0 Å². The van der Waals surface area contributed by atoms with Crippen LogP contribution in [0.2, 0.25) is 0 Å². The lowest BCUT2D eigenvalue weighted by atomic mass is 10.1. The van der Waals surface area contributed by atoms with Crippen LogP contribution in [0.1, 0.15) is 5.56 Å². The van der Waals surface area contributed by atoms with Crippen LogP contribution in [0.25, 0.3) is 0 Å². The molecule has 0 atom stereocenters. The van der Waals surface area contributed by atoms with Gasteiger partial charge in [-0.15, -0.1) is 0 Å². The molecule has 1 saturated heterocycles. The number of methoxy groups -OCH3 is 1. The van der Waals surface area contributed by atoms with E-state index in [2.05, 4.69) is 15.9 Å². The van der Waals surface area contributed by atoms with E-state index in [1.165, 1.54) is 0 Å². The Bertz CT molecular complexity index is 352. The zero-order valence-corrected chi connectivity index (χ0v) is 10.1. The molecule has 0 bridgehead atoms. The summed E-state index contributed by atoms with van der Waals surface area (Å²) in [5, 5.41) is 0.685. The van der Waals surface area contributed by atoms with Crippen molar-refractivity contribution in [2.24, 2.45) is 0 Å². The molecular formula is C11H13BrFNO. The van der Waals surface area contributed by atoms with Crippen molar-refractivity contribution >= 4 is 21.6 Å². The number of rotatable bonds is 3. The molecular weight excluding hydrogens is 261 g/mol. The van der Waals surface area contributed by atoms with Crippen LogP contribution in [-0.2, 0) is 10.1 Å². The van der Waals surface area contributed by atoms with E-state index in [1.807, 2.05) is 17.0 Å². The number of ether oxygens (including phenoxy) is 1. The molecule has 1 fully saturated rings. The molecule has 0 N–H and O–H groups in total.